The first-order valence-electron chi connectivity index (χ1n) is 6.32. The molecule has 1 aliphatic carbocycles. The van der Waals surface area contributed by atoms with E-state index in [2.05, 4.69) is 23.1 Å². The molecule has 1 atom stereocenters. The van der Waals surface area contributed by atoms with Crippen LogP contribution in [0.15, 0.2) is 22.7 Å². The summed E-state index contributed by atoms with van der Waals surface area (Å²) in [6, 6.07) is 6.10. The summed E-state index contributed by atoms with van der Waals surface area (Å²) in [5.41, 5.74) is 9.43. The monoisotopic (exact) mass is 243 g/mol. The number of nitrogens with zero attached hydrogens (tertiary/aromatic N) is 2. The van der Waals surface area contributed by atoms with E-state index in [1.165, 1.54) is 18.4 Å². The van der Waals surface area contributed by atoms with Crippen LogP contribution in [0.1, 0.15) is 35.8 Å². The highest BCUT2D eigenvalue weighted by Gasteiger charge is 2.32. The summed E-state index contributed by atoms with van der Waals surface area (Å²) in [6.45, 7) is 4.12. The summed E-state index contributed by atoms with van der Waals surface area (Å²) in [5, 5.41) is 4.01. The Morgan fingerprint density at radius 2 is 2.11 bits per heavy atom. The quantitative estimate of drug-likeness (QED) is 0.900. The summed E-state index contributed by atoms with van der Waals surface area (Å²) >= 11 is 0. The van der Waals surface area contributed by atoms with Gasteiger partial charge in [-0.05, 0) is 44.2 Å². The zero-order valence-corrected chi connectivity index (χ0v) is 10.7. The van der Waals surface area contributed by atoms with E-state index < -0.39 is 0 Å². The van der Waals surface area contributed by atoms with E-state index >= 15 is 0 Å². The van der Waals surface area contributed by atoms with Gasteiger partial charge < -0.3 is 10.3 Å². The third-order valence-corrected chi connectivity index (χ3v) is 3.48. The summed E-state index contributed by atoms with van der Waals surface area (Å²) in [4.78, 5) is 4.43. The largest absolute Gasteiger partial charge is 0.334 e. The van der Waals surface area contributed by atoms with Crippen molar-refractivity contribution in [2.24, 2.45) is 11.7 Å². The van der Waals surface area contributed by atoms with Crippen molar-refractivity contribution in [3.63, 3.8) is 0 Å². The van der Waals surface area contributed by atoms with E-state index in [0.717, 1.165) is 11.1 Å². The van der Waals surface area contributed by atoms with Crippen LogP contribution >= 0.6 is 0 Å². The lowest BCUT2D eigenvalue weighted by molar-refractivity contribution is 0.411. The van der Waals surface area contributed by atoms with Crippen LogP contribution in [0.2, 0.25) is 0 Å². The number of benzene rings is 1. The van der Waals surface area contributed by atoms with Crippen LogP contribution in [-0.2, 0) is 0 Å². The molecule has 0 bridgehead atoms. The van der Waals surface area contributed by atoms with Gasteiger partial charge in [0.2, 0.25) is 0 Å². The molecular formula is C14H17N3O. The molecule has 1 aromatic carbocycles. The maximum atomic E-state index is 6.07. The second-order valence-corrected chi connectivity index (χ2v) is 5.14. The molecule has 1 aromatic heterocycles. The molecule has 4 heteroatoms. The Balaban J connectivity index is 1.92. The van der Waals surface area contributed by atoms with E-state index in [1.807, 2.05) is 19.1 Å². The lowest BCUT2D eigenvalue weighted by Gasteiger charge is -2.03. The predicted molar refractivity (Wildman–Crippen MR) is 68.9 cm³/mol. The van der Waals surface area contributed by atoms with Gasteiger partial charge in [-0.2, -0.15) is 4.98 Å². The smallest absolute Gasteiger partial charge is 0.258 e. The van der Waals surface area contributed by atoms with Crippen molar-refractivity contribution in [2.45, 2.75) is 32.7 Å². The fourth-order valence-electron chi connectivity index (χ4n) is 2.20. The van der Waals surface area contributed by atoms with Crippen molar-refractivity contribution < 1.29 is 4.52 Å². The summed E-state index contributed by atoms with van der Waals surface area (Å²) in [7, 11) is 0. The van der Waals surface area contributed by atoms with Gasteiger partial charge in [0.05, 0.1) is 6.04 Å². The zero-order chi connectivity index (χ0) is 12.7. The van der Waals surface area contributed by atoms with Crippen molar-refractivity contribution >= 4 is 0 Å². The molecule has 1 aliphatic rings. The third-order valence-electron chi connectivity index (χ3n) is 3.48. The standard InChI is InChI=1S/C14H17N3O/c1-8-3-6-11(9(2)7-8)14-16-13(17-18-14)12(15)10-4-5-10/h3,6-7,10,12H,4-5,15H2,1-2H3. The minimum absolute atomic E-state index is 0.0757. The molecule has 1 saturated carbocycles. The van der Waals surface area contributed by atoms with Crippen molar-refractivity contribution in [1.29, 1.82) is 0 Å². The van der Waals surface area contributed by atoms with Gasteiger partial charge in [-0.1, -0.05) is 22.9 Å². The molecule has 0 amide bonds. The van der Waals surface area contributed by atoms with Crippen LogP contribution in [-0.4, -0.2) is 10.1 Å². The maximum Gasteiger partial charge on any atom is 0.258 e. The van der Waals surface area contributed by atoms with Gasteiger partial charge in [0.25, 0.3) is 5.89 Å². The maximum absolute atomic E-state index is 6.07. The molecular weight excluding hydrogens is 226 g/mol. The van der Waals surface area contributed by atoms with Gasteiger partial charge in [0.1, 0.15) is 0 Å². The number of aromatic nitrogens is 2. The van der Waals surface area contributed by atoms with Gasteiger partial charge >= 0.3 is 0 Å². The molecule has 18 heavy (non-hydrogen) atoms. The number of hydrogen-bond acceptors (Lipinski definition) is 4. The highest BCUT2D eigenvalue weighted by atomic mass is 16.5. The number of rotatable bonds is 3. The molecule has 94 valence electrons. The van der Waals surface area contributed by atoms with Crippen molar-refractivity contribution in [2.75, 3.05) is 0 Å². The molecule has 4 nitrogen and oxygen atoms in total. The van der Waals surface area contributed by atoms with Crippen LogP contribution in [0.25, 0.3) is 11.5 Å². The van der Waals surface area contributed by atoms with Crippen LogP contribution in [0.3, 0.4) is 0 Å². The average molecular weight is 243 g/mol. The molecule has 0 radical (unpaired) electrons. The van der Waals surface area contributed by atoms with Crippen LogP contribution in [0.5, 0.6) is 0 Å². The van der Waals surface area contributed by atoms with Crippen LogP contribution in [0.4, 0.5) is 0 Å². The second kappa shape index (κ2) is 4.21. The Labute approximate surface area is 106 Å². The average Bonchev–Trinajstić information content (AvgIpc) is 3.07. The Bertz CT molecular complexity index is 572. The van der Waals surface area contributed by atoms with Crippen molar-refractivity contribution in [1.82, 2.24) is 10.1 Å². The molecule has 1 unspecified atom stereocenters. The molecule has 2 N–H and O–H groups in total. The Kier molecular flexibility index (Phi) is 2.67. The lowest BCUT2D eigenvalue weighted by atomic mass is 10.1. The van der Waals surface area contributed by atoms with Gasteiger partial charge in [-0.15, -0.1) is 0 Å². The van der Waals surface area contributed by atoms with Gasteiger partial charge in [-0.25, -0.2) is 0 Å². The first kappa shape index (κ1) is 11.4. The molecule has 3 rings (SSSR count). The Morgan fingerprint density at radius 1 is 1.33 bits per heavy atom. The van der Waals surface area contributed by atoms with Crippen LogP contribution < -0.4 is 5.73 Å². The minimum atomic E-state index is -0.0757. The second-order valence-electron chi connectivity index (χ2n) is 5.14. The third kappa shape index (κ3) is 2.04. The fraction of sp³-hybridized carbons (Fsp3) is 0.429. The molecule has 1 heterocycles. The summed E-state index contributed by atoms with van der Waals surface area (Å²) in [6.07, 6.45) is 2.35. The van der Waals surface area contributed by atoms with Crippen molar-refractivity contribution in [3.05, 3.63) is 35.2 Å². The van der Waals surface area contributed by atoms with E-state index in [9.17, 15) is 0 Å². The van der Waals surface area contributed by atoms with E-state index in [0.29, 0.717) is 17.6 Å². The molecule has 2 aromatic rings. The van der Waals surface area contributed by atoms with Crippen LogP contribution in [0, 0.1) is 19.8 Å². The first-order chi connectivity index (χ1) is 8.65. The summed E-state index contributed by atoms with van der Waals surface area (Å²) in [5.74, 6) is 1.74. The van der Waals surface area contributed by atoms with E-state index in [-0.39, 0.29) is 6.04 Å². The highest BCUT2D eigenvalue weighted by molar-refractivity contribution is 5.58. The zero-order valence-electron chi connectivity index (χ0n) is 10.7. The topological polar surface area (TPSA) is 64.9 Å². The van der Waals surface area contributed by atoms with Gasteiger partial charge in [0.15, 0.2) is 5.82 Å². The minimum Gasteiger partial charge on any atom is -0.334 e. The Morgan fingerprint density at radius 3 is 2.78 bits per heavy atom. The van der Waals surface area contributed by atoms with Gasteiger partial charge in [0, 0.05) is 5.56 Å². The summed E-state index contributed by atoms with van der Waals surface area (Å²) < 4.78 is 5.33. The number of hydrogen-bond donors (Lipinski definition) is 1. The lowest BCUT2D eigenvalue weighted by Crippen LogP contribution is -2.13. The first-order valence-corrected chi connectivity index (χ1v) is 6.32. The van der Waals surface area contributed by atoms with E-state index in [4.69, 9.17) is 10.3 Å². The molecule has 1 fully saturated rings. The van der Waals surface area contributed by atoms with Crippen molar-refractivity contribution in [3.8, 4) is 11.5 Å². The highest BCUT2D eigenvalue weighted by Crippen LogP contribution is 2.38. The number of nitrogens with two attached hydrogens (primary N) is 1. The Hall–Kier alpha value is -1.68. The molecule has 0 aliphatic heterocycles. The normalized spacial score (nSPS) is 16.8. The SMILES string of the molecule is Cc1ccc(-c2nc(C(N)C3CC3)no2)c(C)c1. The van der Waals surface area contributed by atoms with E-state index in [1.54, 1.807) is 0 Å². The molecule has 0 spiro atoms. The fourth-order valence-corrected chi connectivity index (χ4v) is 2.20. The molecule has 0 saturated heterocycles. The predicted octanol–water partition coefficient (Wildman–Crippen LogP) is 2.76. The van der Waals surface area contributed by atoms with Gasteiger partial charge in [-0.3, -0.25) is 0 Å². The number of aryl methyl sites for hydroxylation is 2.